The molecule has 1 aliphatic heterocycles. The molecule has 1 aliphatic rings. The molecule has 0 fully saturated rings. The first kappa shape index (κ1) is 33.7. The molecule has 0 saturated heterocycles. The van der Waals surface area contributed by atoms with E-state index in [1.807, 2.05) is 16.4 Å². The van der Waals surface area contributed by atoms with Gasteiger partial charge in [0, 0.05) is 22.8 Å². The molecule has 8 aromatic rings. The van der Waals surface area contributed by atoms with Crippen molar-refractivity contribution in [2.24, 2.45) is 0 Å². The topological polar surface area (TPSA) is 74.3 Å². The van der Waals surface area contributed by atoms with Gasteiger partial charge in [0.05, 0.1) is 6.54 Å². The maximum absolute atomic E-state index is 5.01. The third-order valence-corrected chi connectivity index (χ3v) is 11.5. The number of imidazole rings is 1. The maximum Gasteiger partial charge on any atom is 0.177 e. The van der Waals surface area contributed by atoms with Crippen LogP contribution in [-0.2, 0) is 24.3 Å². The number of rotatable bonds is 8. The standard InChI is InChI=1S/C46H39N7S/c1-4-42-48-44-31(2)26-32(3)47-45(44)52(42)29-33-24-25-39-40(38-23-15-14-16-34(38)30-54-41(39)27-33)28-43-49-50-51-53(43)46(35-17-8-5-9-18-35,36-19-10-6-11-20-36)37-21-12-7-13-22-37/h5-28H,4,29-30H2,1-3H3/b40-28+. The highest BCUT2D eigenvalue weighted by atomic mass is 32.2. The van der Waals surface area contributed by atoms with E-state index in [2.05, 4.69) is 176 Å². The molecule has 0 radical (unpaired) electrons. The second kappa shape index (κ2) is 14.0. The van der Waals surface area contributed by atoms with Crippen molar-refractivity contribution in [2.75, 3.05) is 0 Å². The van der Waals surface area contributed by atoms with Crippen LogP contribution in [0.4, 0.5) is 0 Å². The lowest BCUT2D eigenvalue weighted by atomic mass is 9.77. The van der Waals surface area contributed by atoms with Crippen molar-refractivity contribution < 1.29 is 0 Å². The molecule has 264 valence electrons. The molecule has 0 saturated carbocycles. The van der Waals surface area contributed by atoms with E-state index in [0.29, 0.717) is 12.4 Å². The first-order chi connectivity index (χ1) is 26.5. The summed E-state index contributed by atoms with van der Waals surface area (Å²) in [6.45, 7) is 7.04. The predicted octanol–water partition coefficient (Wildman–Crippen LogP) is 9.68. The van der Waals surface area contributed by atoms with Gasteiger partial charge in [-0.05, 0) is 92.6 Å². The van der Waals surface area contributed by atoms with Crippen molar-refractivity contribution in [3.05, 3.63) is 201 Å². The SMILES string of the molecule is CCc1nc2c(C)cc(C)nc2n1Cc1ccc2c(c1)SCc1ccccc1/C2=C\c1nnnn1C(c1ccccc1)(c1ccccc1)c1ccccc1. The van der Waals surface area contributed by atoms with E-state index < -0.39 is 5.54 Å². The summed E-state index contributed by atoms with van der Waals surface area (Å²) in [5, 5.41) is 14.0. The minimum atomic E-state index is -0.847. The predicted molar refractivity (Wildman–Crippen MR) is 217 cm³/mol. The number of aromatic nitrogens is 7. The van der Waals surface area contributed by atoms with Gasteiger partial charge in [0.2, 0.25) is 0 Å². The minimum absolute atomic E-state index is 0.660. The fourth-order valence-electron chi connectivity index (χ4n) is 8.00. The smallest absolute Gasteiger partial charge is 0.177 e. The highest BCUT2D eigenvalue weighted by Crippen LogP contribution is 2.44. The third kappa shape index (κ3) is 5.74. The number of hydrogen-bond donors (Lipinski definition) is 0. The zero-order valence-corrected chi connectivity index (χ0v) is 31.3. The van der Waals surface area contributed by atoms with Crippen LogP contribution in [0.5, 0.6) is 0 Å². The summed E-state index contributed by atoms with van der Waals surface area (Å²) >= 11 is 1.87. The summed E-state index contributed by atoms with van der Waals surface area (Å²) < 4.78 is 4.29. The van der Waals surface area contributed by atoms with Gasteiger partial charge in [-0.2, -0.15) is 0 Å². The Bertz CT molecular complexity index is 2550. The number of pyridine rings is 1. The first-order valence-corrected chi connectivity index (χ1v) is 19.4. The molecule has 0 unspecified atom stereocenters. The largest absolute Gasteiger partial charge is 0.308 e. The van der Waals surface area contributed by atoms with Crippen molar-refractivity contribution in [2.45, 2.75) is 49.9 Å². The molecule has 0 spiro atoms. The molecular weight excluding hydrogens is 683 g/mol. The van der Waals surface area contributed by atoms with Crippen LogP contribution in [0.1, 0.15) is 68.8 Å². The van der Waals surface area contributed by atoms with Gasteiger partial charge in [-0.15, -0.1) is 16.9 Å². The molecule has 0 atom stereocenters. The lowest BCUT2D eigenvalue weighted by molar-refractivity contribution is 0.443. The molecule has 8 heteroatoms. The van der Waals surface area contributed by atoms with Gasteiger partial charge < -0.3 is 4.57 Å². The summed E-state index contributed by atoms with van der Waals surface area (Å²) in [6, 6.07) is 49.3. The Morgan fingerprint density at radius 3 is 2.04 bits per heavy atom. The summed E-state index contributed by atoms with van der Waals surface area (Å²) in [5.41, 5.74) is 12.4. The lowest BCUT2D eigenvalue weighted by Gasteiger charge is -2.36. The number of nitrogens with zero attached hydrogens (tertiary/aromatic N) is 7. The van der Waals surface area contributed by atoms with Crippen LogP contribution in [0, 0.1) is 13.8 Å². The van der Waals surface area contributed by atoms with E-state index in [0.717, 1.165) is 68.2 Å². The molecule has 3 aromatic heterocycles. The Labute approximate surface area is 319 Å². The van der Waals surface area contributed by atoms with Crippen molar-refractivity contribution in [1.29, 1.82) is 0 Å². The highest BCUT2D eigenvalue weighted by Gasteiger charge is 2.41. The van der Waals surface area contributed by atoms with Crippen LogP contribution < -0.4 is 0 Å². The van der Waals surface area contributed by atoms with Gasteiger partial charge in [0.25, 0.3) is 0 Å². The third-order valence-electron chi connectivity index (χ3n) is 10.4. The van der Waals surface area contributed by atoms with E-state index in [-0.39, 0.29) is 0 Å². The number of benzene rings is 5. The van der Waals surface area contributed by atoms with Crippen LogP contribution in [-0.4, -0.2) is 34.7 Å². The number of hydrogen-bond acceptors (Lipinski definition) is 6. The number of tetrazole rings is 1. The average Bonchev–Trinajstić information content (AvgIpc) is 3.78. The van der Waals surface area contributed by atoms with E-state index in [1.54, 1.807) is 0 Å². The van der Waals surface area contributed by atoms with Gasteiger partial charge in [-0.3, -0.25) is 0 Å². The molecule has 0 amide bonds. The Balaban J connectivity index is 1.23. The molecule has 4 heterocycles. The molecule has 0 bridgehead atoms. The Hall–Kier alpha value is -6.12. The summed E-state index contributed by atoms with van der Waals surface area (Å²) in [7, 11) is 0. The van der Waals surface area contributed by atoms with Crippen LogP contribution in [0.15, 0.2) is 144 Å². The zero-order chi connectivity index (χ0) is 36.6. The van der Waals surface area contributed by atoms with Crippen molar-refractivity contribution in [3.8, 4) is 0 Å². The van der Waals surface area contributed by atoms with Gasteiger partial charge >= 0.3 is 0 Å². The summed E-state index contributed by atoms with van der Waals surface area (Å²) in [4.78, 5) is 11.2. The van der Waals surface area contributed by atoms with E-state index in [9.17, 15) is 0 Å². The second-order valence-corrected chi connectivity index (χ2v) is 14.8. The Kier molecular flexibility index (Phi) is 8.75. The average molecular weight is 722 g/mol. The Morgan fingerprint density at radius 1 is 0.722 bits per heavy atom. The van der Waals surface area contributed by atoms with E-state index in [4.69, 9.17) is 20.3 Å². The molecule has 7 nitrogen and oxygen atoms in total. The fourth-order valence-corrected chi connectivity index (χ4v) is 9.13. The minimum Gasteiger partial charge on any atom is -0.308 e. The van der Waals surface area contributed by atoms with Crippen molar-refractivity contribution >= 4 is 34.6 Å². The van der Waals surface area contributed by atoms with Crippen LogP contribution >= 0.6 is 11.8 Å². The van der Waals surface area contributed by atoms with Gasteiger partial charge in [-0.25, -0.2) is 14.6 Å². The summed E-state index contributed by atoms with van der Waals surface area (Å²) in [5.74, 6) is 2.56. The molecule has 5 aromatic carbocycles. The van der Waals surface area contributed by atoms with Crippen LogP contribution in [0.2, 0.25) is 0 Å². The van der Waals surface area contributed by atoms with Gasteiger partial charge in [0.15, 0.2) is 11.5 Å². The maximum atomic E-state index is 5.01. The van der Waals surface area contributed by atoms with Gasteiger partial charge in [0.1, 0.15) is 16.9 Å². The normalized spacial score (nSPS) is 13.5. The molecule has 9 rings (SSSR count). The molecular formula is C46H39N7S. The molecule has 0 N–H and O–H groups in total. The highest BCUT2D eigenvalue weighted by molar-refractivity contribution is 7.98. The van der Waals surface area contributed by atoms with Crippen molar-refractivity contribution in [1.82, 2.24) is 34.7 Å². The van der Waals surface area contributed by atoms with E-state index >= 15 is 0 Å². The fraction of sp³-hybridized carbons (Fsp3) is 0.152. The number of thioether (sulfide) groups is 1. The van der Waals surface area contributed by atoms with Crippen molar-refractivity contribution in [3.63, 3.8) is 0 Å². The van der Waals surface area contributed by atoms with Crippen LogP contribution in [0.25, 0.3) is 22.8 Å². The lowest BCUT2D eigenvalue weighted by Crippen LogP contribution is -2.39. The zero-order valence-electron chi connectivity index (χ0n) is 30.5. The second-order valence-electron chi connectivity index (χ2n) is 13.8. The monoisotopic (exact) mass is 721 g/mol. The number of fused-ring (bicyclic) bond motifs is 3. The first-order valence-electron chi connectivity index (χ1n) is 18.4. The number of aryl methyl sites for hydroxylation is 3. The Morgan fingerprint density at radius 2 is 1.37 bits per heavy atom. The summed E-state index contributed by atoms with van der Waals surface area (Å²) in [6.07, 6.45) is 3.02. The van der Waals surface area contributed by atoms with E-state index in [1.165, 1.54) is 21.6 Å². The quantitative estimate of drug-likeness (QED) is 0.146. The van der Waals surface area contributed by atoms with Crippen LogP contribution in [0.3, 0.4) is 0 Å². The molecule has 54 heavy (non-hydrogen) atoms. The molecule has 0 aliphatic carbocycles. The van der Waals surface area contributed by atoms with Gasteiger partial charge in [-0.1, -0.05) is 134 Å².